The van der Waals surface area contributed by atoms with Gasteiger partial charge in [-0.2, -0.15) is 0 Å². The van der Waals surface area contributed by atoms with E-state index < -0.39 is 0 Å². The predicted molar refractivity (Wildman–Crippen MR) is 99.2 cm³/mol. The zero-order valence-corrected chi connectivity index (χ0v) is 14.8. The molecule has 1 amide bonds. The van der Waals surface area contributed by atoms with Crippen LogP contribution >= 0.6 is 0 Å². The van der Waals surface area contributed by atoms with Gasteiger partial charge in [0.05, 0.1) is 0 Å². The summed E-state index contributed by atoms with van der Waals surface area (Å²) in [6.45, 7) is 5.08. The van der Waals surface area contributed by atoms with Crippen LogP contribution in [0.4, 0.5) is 0 Å². The Morgan fingerprint density at radius 1 is 0.958 bits per heavy atom. The number of aryl methyl sites for hydroxylation is 4. The number of carbonyl (C=O) groups is 1. The van der Waals surface area contributed by atoms with Crippen LogP contribution in [0, 0.1) is 19.8 Å². The Balaban J connectivity index is 0.000000159. The molecule has 1 unspecified atom stereocenters. The van der Waals surface area contributed by atoms with E-state index in [4.69, 9.17) is 0 Å². The summed E-state index contributed by atoms with van der Waals surface area (Å²) in [6, 6.07) is 15.0. The van der Waals surface area contributed by atoms with E-state index in [9.17, 15) is 4.79 Å². The minimum Gasteiger partial charge on any atom is -0.356 e. The first-order chi connectivity index (χ1) is 11.6. The average molecular weight is 321 g/mol. The van der Waals surface area contributed by atoms with Crippen molar-refractivity contribution in [3.63, 3.8) is 0 Å². The fourth-order valence-corrected chi connectivity index (χ4v) is 3.77. The highest BCUT2D eigenvalue weighted by Gasteiger charge is 2.24. The monoisotopic (exact) mass is 321 g/mol. The van der Waals surface area contributed by atoms with Crippen molar-refractivity contribution in [3.8, 4) is 0 Å². The number of benzene rings is 2. The maximum absolute atomic E-state index is 11.5. The molecule has 1 atom stereocenters. The van der Waals surface area contributed by atoms with Gasteiger partial charge in [-0.15, -0.1) is 0 Å². The van der Waals surface area contributed by atoms with Gasteiger partial charge in [0.25, 0.3) is 0 Å². The van der Waals surface area contributed by atoms with E-state index in [0.717, 1.165) is 19.4 Å². The molecule has 0 spiro atoms. The molecule has 1 N–H and O–H groups in total. The van der Waals surface area contributed by atoms with E-state index in [-0.39, 0.29) is 11.8 Å². The predicted octanol–water partition coefficient (Wildman–Crippen LogP) is 4.16. The fourth-order valence-electron chi connectivity index (χ4n) is 3.77. The standard InChI is InChI=1S/C13H17NO.C9H10/c1-9-4-3-5-10(2)12(9)8-11-6-7-14-13(11)15;1-2-5-9-7-3-6-8(9)4-1/h3-5,11H,6-8H2,1-2H3,(H,14,15);1-2,4-5H,3,6-7H2. The summed E-state index contributed by atoms with van der Waals surface area (Å²) in [5.74, 6) is 0.405. The Morgan fingerprint density at radius 2 is 1.58 bits per heavy atom. The van der Waals surface area contributed by atoms with Crippen LogP contribution in [0.2, 0.25) is 0 Å². The smallest absolute Gasteiger partial charge is 0.223 e. The van der Waals surface area contributed by atoms with Gasteiger partial charge in [-0.25, -0.2) is 0 Å². The Hall–Kier alpha value is -2.09. The zero-order valence-electron chi connectivity index (χ0n) is 14.8. The van der Waals surface area contributed by atoms with E-state index in [1.165, 1.54) is 36.0 Å². The first-order valence-electron chi connectivity index (χ1n) is 9.04. The summed E-state index contributed by atoms with van der Waals surface area (Å²) in [4.78, 5) is 11.5. The van der Waals surface area contributed by atoms with Crippen molar-refractivity contribution in [2.75, 3.05) is 6.54 Å². The van der Waals surface area contributed by atoms with Crippen LogP contribution in [0.5, 0.6) is 0 Å². The quantitative estimate of drug-likeness (QED) is 0.884. The Morgan fingerprint density at radius 3 is 2.12 bits per heavy atom. The summed E-state index contributed by atoms with van der Waals surface area (Å²) in [5.41, 5.74) is 7.08. The van der Waals surface area contributed by atoms with E-state index in [0.29, 0.717) is 0 Å². The minimum absolute atomic E-state index is 0.185. The Bertz CT molecular complexity index is 676. The molecule has 2 nitrogen and oxygen atoms in total. The molecule has 2 aromatic carbocycles. The van der Waals surface area contributed by atoms with Crippen LogP contribution in [0.15, 0.2) is 42.5 Å². The zero-order chi connectivity index (χ0) is 16.9. The van der Waals surface area contributed by atoms with Gasteiger partial charge < -0.3 is 5.32 Å². The second-order valence-corrected chi connectivity index (χ2v) is 6.97. The van der Waals surface area contributed by atoms with E-state index in [2.05, 4.69) is 61.6 Å². The maximum Gasteiger partial charge on any atom is 0.223 e. The molecule has 2 heteroatoms. The first-order valence-corrected chi connectivity index (χ1v) is 9.04. The fraction of sp³-hybridized carbons (Fsp3) is 0.409. The third-order valence-electron chi connectivity index (χ3n) is 5.27. The topological polar surface area (TPSA) is 29.1 Å². The molecule has 1 aliphatic carbocycles. The van der Waals surface area contributed by atoms with E-state index >= 15 is 0 Å². The summed E-state index contributed by atoms with van der Waals surface area (Å²) in [6.07, 6.45) is 5.84. The molecule has 2 aromatic rings. The maximum atomic E-state index is 11.5. The highest BCUT2D eigenvalue weighted by molar-refractivity contribution is 5.81. The van der Waals surface area contributed by atoms with Crippen molar-refractivity contribution in [1.82, 2.24) is 5.32 Å². The lowest BCUT2D eigenvalue weighted by Crippen LogP contribution is -2.20. The van der Waals surface area contributed by atoms with Crippen LogP contribution in [0.1, 0.15) is 40.7 Å². The number of hydrogen-bond acceptors (Lipinski definition) is 1. The summed E-state index contributed by atoms with van der Waals surface area (Å²) in [7, 11) is 0. The van der Waals surface area contributed by atoms with Crippen molar-refractivity contribution in [1.29, 1.82) is 0 Å². The first kappa shape index (κ1) is 16.8. The number of rotatable bonds is 2. The SMILES string of the molecule is Cc1cccc(C)c1CC1CCNC1=O.c1ccc2c(c1)CCC2. The van der Waals surface area contributed by atoms with Crippen LogP contribution in [-0.4, -0.2) is 12.5 Å². The van der Waals surface area contributed by atoms with Crippen molar-refractivity contribution < 1.29 is 4.79 Å². The summed E-state index contributed by atoms with van der Waals surface area (Å²) < 4.78 is 0. The Labute approximate surface area is 145 Å². The van der Waals surface area contributed by atoms with Gasteiger partial charge in [0, 0.05) is 12.5 Å². The number of amides is 1. The third kappa shape index (κ3) is 3.87. The van der Waals surface area contributed by atoms with Crippen LogP contribution in [0.3, 0.4) is 0 Å². The molecule has 2 aliphatic rings. The van der Waals surface area contributed by atoms with Crippen molar-refractivity contribution >= 4 is 5.91 Å². The van der Waals surface area contributed by atoms with Gasteiger partial charge >= 0.3 is 0 Å². The molecule has 1 fully saturated rings. The second-order valence-electron chi connectivity index (χ2n) is 6.97. The van der Waals surface area contributed by atoms with Crippen LogP contribution < -0.4 is 5.32 Å². The van der Waals surface area contributed by atoms with Crippen LogP contribution in [0.25, 0.3) is 0 Å². The molecular weight excluding hydrogens is 294 g/mol. The third-order valence-corrected chi connectivity index (χ3v) is 5.27. The number of hydrogen-bond donors (Lipinski definition) is 1. The van der Waals surface area contributed by atoms with Gasteiger partial charge in [0.15, 0.2) is 0 Å². The largest absolute Gasteiger partial charge is 0.356 e. The summed E-state index contributed by atoms with van der Waals surface area (Å²) in [5, 5.41) is 2.89. The molecule has 1 heterocycles. The van der Waals surface area contributed by atoms with Crippen LogP contribution in [-0.2, 0) is 24.1 Å². The van der Waals surface area contributed by atoms with Crippen molar-refractivity contribution in [3.05, 3.63) is 70.3 Å². The highest BCUT2D eigenvalue weighted by Crippen LogP contribution is 2.22. The molecule has 0 aromatic heterocycles. The van der Waals surface area contributed by atoms with Gasteiger partial charge in [-0.1, -0.05) is 42.5 Å². The van der Waals surface area contributed by atoms with Crippen molar-refractivity contribution in [2.45, 2.75) is 46.0 Å². The Kier molecular flexibility index (Phi) is 5.34. The lowest BCUT2D eigenvalue weighted by atomic mass is 9.92. The number of nitrogens with one attached hydrogen (secondary N) is 1. The molecule has 0 radical (unpaired) electrons. The summed E-state index contributed by atoms with van der Waals surface area (Å²) >= 11 is 0. The molecule has 1 aliphatic heterocycles. The second kappa shape index (κ2) is 7.65. The molecule has 0 saturated carbocycles. The number of fused-ring (bicyclic) bond motifs is 1. The van der Waals surface area contributed by atoms with Gasteiger partial charge in [0.2, 0.25) is 5.91 Å². The highest BCUT2D eigenvalue weighted by atomic mass is 16.2. The molecule has 0 bridgehead atoms. The molecule has 24 heavy (non-hydrogen) atoms. The van der Waals surface area contributed by atoms with E-state index in [1.54, 1.807) is 11.1 Å². The average Bonchev–Trinajstić information content (AvgIpc) is 3.20. The minimum atomic E-state index is 0.185. The van der Waals surface area contributed by atoms with E-state index in [1.807, 2.05) is 0 Å². The van der Waals surface area contributed by atoms with Gasteiger partial charge in [-0.05, 0) is 73.8 Å². The number of carbonyl (C=O) groups excluding carboxylic acids is 1. The molecule has 126 valence electrons. The lowest BCUT2D eigenvalue weighted by molar-refractivity contribution is -0.122. The normalized spacial score (nSPS) is 18.6. The van der Waals surface area contributed by atoms with Crippen molar-refractivity contribution in [2.24, 2.45) is 5.92 Å². The van der Waals surface area contributed by atoms with Gasteiger partial charge in [-0.3, -0.25) is 4.79 Å². The molecule has 1 saturated heterocycles. The van der Waals surface area contributed by atoms with Gasteiger partial charge in [0.1, 0.15) is 0 Å². The molecule has 4 rings (SSSR count). The lowest BCUT2D eigenvalue weighted by Gasteiger charge is -2.12. The molecular formula is C22H27NO.